The van der Waals surface area contributed by atoms with Gasteiger partial charge in [0.25, 0.3) is 0 Å². The quantitative estimate of drug-likeness (QED) is 0.852. The number of nitrogens with two attached hydrogens (primary N) is 1. The van der Waals surface area contributed by atoms with Crippen molar-refractivity contribution in [1.29, 1.82) is 0 Å². The van der Waals surface area contributed by atoms with Crippen molar-refractivity contribution in [3.05, 3.63) is 5.69 Å². The first-order valence-electron chi connectivity index (χ1n) is 6.20. The molecule has 17 heavy (non-hydrogen) atoms. The summed E-state index contributed by atoms with van der Waals surface area (Å²) >= 11 is 1.27. The monoisotopic (exact) mass is 255 g/mol. The molecular weight excluding hydrogens is 234 g/mol. The number of hydrogen-bond acceptors (Lipinski definition) is 6. The van der Waals surface area contributed by atoms with E-state index in [1.54, 1.807) is 0 Å². The summed E-state index contributed by atoms with van der Waals surface area (Å²) in [7, 11) is 2.13. The summed E-state index contributed by atoms with van der Waals surface area (Å²) in [5, 5.41) is 4.80. The van der Waals surface area contributed by atoms with Crippen LogP contribution in [0.25, 0.3) is 0 Å². The Bertz CT molecular complexity index is 353. The van der Waals surface area contributed by atoms with Gasteiger partial charge in [0.05, 0.1) is 0 Å². The summed E-state index contributed by atoms with van der Waals surface area (Å²) in [6, 6.07) is 0.692. The summed E-state index contributed by atoms with van der Waals surface area (Å²) in [6.45, 7) is 6.52. The van der Waals surface area contributed by atoms with Crippen molar-refractivity contribution in [2.24, 2.45) is 0 Å². The van der Waals surface area contributed by atoms with Gasteiger partial charge < -0.3 is 5.73 Å². The van der Waals surface area contributed by atoms with Gasteiger partial charge in [0.1, 0.15) is 10.7 Å². The zero-order valence-electron chi connectivity index (χ0n) is 10.6. The van der Waals surface area contributed by atoms with Crippen LogP contribution in [0.3, 0.4) is 0 Å². The maximum absolute atomic E-state index is 5.81. The highest BCUT2D eigenvalue weighted by Crippen LogP contribution is 2.19. The minimum absolute atomic E-state index is 0.692. The van der Waals surface area contributed by atoms with Crippen LogP contribution in [0.15, 0.2) is 0 Å². The van der Waals surface area contributed by atoms with Crippen molar-refractivity contribution >= 4 is 16.5 Å². The molecule has 0 aliphatic carbocycles. The number of aromatic nitrogens is 2. The Balaban J connectivity index is 1.85. The predicted molar refractivity (Wildman–Crippen MR) is 70.9 cm³/mol. The molecule has 6 heteroatoms. The van der Waals surface area contributed by atoms with Gasteiger partial charge in [0.15, 0.2) is 0 Å². The van der Waals surface area contributed by atoms with Crippen LogP contribution in [0, 0.1) is 0 Å². The lowest BCUT2D eigenvalue weighted by molar-refractivity contribution is 0.194. The molecule has 2 heterocycles. The van der Waals surface area contributed by atoms with Crippen LogP contribution in [0.2, 0.25) is 0 Å². The summed E-state index contributed by atoms with van der Waals surface area (Å²) in [6.07, 6.45) is 2.63. The van der Waals surface area contributed by atoms with E-state index in [0.717, 1.165) is 30.3 Å². The van der Waals surface area contributed by atoms with Gasteiger partial charge in [-0.25, -0.2) is 0 Å². The molecule has 0 bridgehead atoms. The normalized spacial score (nSPS) is 21.5. The molecule has 0 radical (unpaired) electrons. The standard InChI is InChI=1S/C11H21N5S/c1-3-16-6-4-5-9(16)7-15(2)8-10-11(12)17-14-13-10/h9H,3-8,12H2,1-2H3. The van der Waals surface area contributed by atoms with Crippen LogP contribution in [0.4, 0.5) is 5.00 Å². The molecule has 0 amide bonds. The zero-order chi connectivity index (χ0) is 12.3. The smallest absolute Gasteiger partial charge is 0.132 e. The van der Waals surface area contributed by atoms with Gasteiger partial charge in [0, 0.05) is 30.7 Å². The van der Waals surface area contributed by atoms with E-state index in [0.29, 0.717) is 6.04 Å². The van der Waals surface area contributed by atoms with Crippen LogP contribution >= 0.6 is 11.5 Å². The molecule has 0 saturated carbocycles. The van der Waals surface area contributed by atoms with Crippen LogP contribution in [-0.2, 0) is 6.54 Å². The molecule has 1 aliphatic heterocycles. The van der Waals surface area contributed by atoms with Crippen molar-refractivity contribution in [3.8, 4) is 0 Å². The highest BCUT2D eigenvalue weighted by atomic mass is 32.1. The SMILES string of the molecule is CCN1CCCC1CN(C)Cc1nnsc1N. The van der Waals surface area contributed by atoms with Gasteiger partial charge >= 0.3 is 0 Å². The largest absolute Gasteiger partial charge is 0.388 e. The third-order valence-corrected chi connectivity index (χ3v) is 4.03. The lowest BCUT2D eigenvalue weighted by atomic mass is 10.2. The summed E-state index contributed by atoms with van der Waals surface area (Å²) in [5.74, 6) is 0. The number of nitrogen functional groups attached to an aromatic ring is 1. The van der Waals surface area contributed by atoms with Gasteiger partial charge in [-0.15, -0.1) is 5.10 Å². The summed E-state index contributed by atoms with van der Waals surface area (Å²) in [4.78, 5) is 4.85. The highest BCUT2D eigenvalue weighted by Gasteiger charge is 2.24. The van der Waals surface area contributed by atoms with Gasteiger partial charge in [-0.05, 0) is 33.0 Å². The van der Waals surface area contributed by atoms with Gasteiger partial charge in [-0.3, -0.25) is 9.80 Å². The number of likely N-dealkylation sites (tertiary alicyclic amines) is 1. The second-order valence-corrected chi connectivity index (χ2v) is 5.49. The first-order valence-corrected chi connectivity index (χ1v) is 6.97. The Labute approximate surface area is 107 Å². The molecule has 1 aromatic heterocycles. The van der Waals surface area contributed by atoms with Crippen LogP contribution < -0.4 is 5.73 Å². The molecule has 1 saturated heterocycles. The Morgan fingerprint density at radius 3 is 3.06 bits per heavy atom. The molecule has 1 fully saturated rings. The second-order valence-electron chi connectivity index (χ2n) is 4.71. The molecule has 96 valence electrons. The van der Waals surface area contributed by atoms with Crippen molar-refractivity contribution in [2.75, 3.05) is 32.4 Å². The topological polar surface area (TPSA) is 58.3 Å². The van der Waals surface area contributed by atoms with E-state index in [1.807, 2.05) is 0 Å². The number of likely N-dealkylation sites (N-methyl/N-ethyl adjacent to an activating group) is 2. The highest BCUT2D eigenvalue weighted by molar-refractivity contribution is 7.09. The third-order valence-electron chi connectivity index (χ3n) is 3.43. The van der Waals surface area contributed by atoms with E-state index >= 15 is 0 Å². The second kappa shape index (κ2) is 5.75. The van der Waals surface area contributed by atoms with Crippen molar-refractivity contribution < 1.29 is 0 Å². The average molecular weight is 255 g/mol. The molecule has 0 spiro atoms. The maximum atomic E-state index is 5.81. The van der Waals surface area contributed by atoms with Gasteiger partial charge in [-0.2, -0.15) is 0 Å². The fourth-order valence-corrected chi connectivity index (χ4v) is 2.96. The van der Waals surface area contributed by atoms with E-state index in [2.05, 4.69) is 33.4 Å². The van der Waals surface area contributed by atoms with Crippen LogP contribution in [-0.4, -0.2) is 52.1 Å². The molecule has 0 aromatic carbocycles. The Kier molecular flexibility index (Phi) is 4.31. The van der Waals surface area contributed by atoms with E-state index < -0.39 is 0 Å². The molecule has 2 rings (SSSR count). The lowest BCUT2D eigenvalue weighted by Gasteiger charge is -2.27. The van der Waals surface area contributed by atoms with E-state index in [4.69, 9.17) is 5.73 Å². The fraction of sp³-hybridized carbons (Fsp3) is 0.818. The minimum Gasteiger partial charge on any atom is -0.388 e. The first kappa shape index (κ1) is 12.7. The Morgan fingerprint density at radius 2 is 2.41 bits per heavy atom. The van der Waals surface area contributed by atoms with E-state index in [1.165, 1.54) is 30.9 Å². The van der Waals surface area contributed by atoms with Crippen LogP contribution in [0.5, 0.6) is 0 Å². The Morgan fingerprint density at radius 1 is 1.59 bits per heavy atom. The predicted octanol–water partition coefficient (Wildman–Crippen LogP) is 1.04. The summed E-state index contributed by atoms with van der Waals surface area (Å²) in [5.41, 5.74) is 6.72. The maximum Gasteiger partial charge on any atom is 0.132 e. The van der Waals surface area contributed by atoms with E-state index in [-0.39, 0.29) is 0 Å². The molecule has 2 N–H and O–H groups in total. The van der Waals surface area contributed by atoms with Crippen molar-refractivity contribution in [1.82, 2.24) is 19.4 Å². The molecule has 5 nitrogen and oxygen atoms in total. The lowest BCUT2D eigenvalue weighted by Crippen LogP contribution is -2.38. The van der Waals surface area contributed by atoms with Gasteiger partial charge in [-0.1, -0.05) is 11.4 Å². The number of anilines is 1. The fourth-order valence-electron chi connectivity index (χ4n) is 2.52. The summed E-state index contributed by atoms with van der Waals surface area (Å²) < 4.78 is 3.87. The van der Waals surface area contributed by atoms with Gasteiger partial charge in [0.2, 0.25) is 0 Å². The Hall–Kier alpha value is -0.720. The molecule has 1 aliphatic rings. The molecule has 1 unspecified atom stereocenters. The zero-order valence-corrected chi connectivity index (χ0v) is 11.4. The first-order chi connectivity index (χ1) is 8.20. The molecule has 1 atom stereocenters. The number of nitrogens with zero attached hydrogens (tertiary/aromatic N) is 4. The molecular formula is C11H21N5S. The van der Waals surface area contributed by atoms with Crippen molar-refractivity contribution in [3.63, 3.8) is 0 Å². The number of rotatable bonds is 5. The van der Waals surface area contributed by atoms with Crippen LogP contribution in [0.1, 0.15) is 25.5 Å². The van der Waals surface area contributed by atoms with Crippen molar-refractivity contribution in [2.45, 2.75) is 32.4 Å². The average Bonchev–Trinajstić information content (AvgIpc) is 2.89. The number of hydrogen-bond donors (Lipinski definition) is 1. The molecule has 1 aromatic rings. The van der Waals surface area contributed by atoms with E-state index in [9.17, 15) is 0 Å². The minimum atomic E-state index is 0.692. The third kappa shape index (κ3) is 3.14.